The largest absolute Gasteiger partial charge is 0.372 e. The first kappa shape index (κ1) is 20.4. The molecule has 1 saturated heterocycles. The lowest BCUT2D eigenvalue weighted by molar-refractivity contribution is -0.118. The van der Waals surface area contributed by atoms with E-state index in [0.717, 1.165) is 34.9 Å². The first-order valence-corrected chi connectivity index (χ1v) is 11.4. The Kier molecular flexibility index (Phi) is 6.98. The van der Waals surface area contributed by atoms with Gasteiger partial charge in [0, 0.05) is 30.9 Å². The summed E-state index contributed by atoms with van der Waals surface area (Å²) in [6.07, 6.45) is 3.89. The molecule has 0 spiro atoms. The summed E-state index contributed by atoms with van der Waals surface area (Å²) in [4.78, 5) is 14.5. The van der Waals surface area contributed by atoms with Crippen LogP contribution in [-0.4, -0.2) is 34.9 Å². The molecule has 2 aromatic carbocycles. The zero-order valence-corrected chi connectivity index (χ0v) is 17.8. The highest BCUT2D eigenvalue weighted by atomic mass is 32.2. The minimum atomic E-state index is -0.0111. The second-order valence-electron chi connectivity index (χ2n) is 7.40. The lowest BCUT2D eigenvalue weighted by Crippen LogP contribution is -2.29. The van der Waals surface area contributed by atoms with E-state index < -0.39 is 0 Å². The molecule has 6 heteroatoms. The number of aromatic nitrogens is 2. The van der Waals surface area contributed by atoms with Crippen molar-refractivity contribution >= 4 is 23.4 Å². The third-order valence-electron chi connectivity index (χ3n) is 5.21. The van der Waals surface area contributed by atoms with E-state index in [4.69, 9.17) is 0 Å². The summed E-state index contributed by atoms with van der Waals surface area (Å²) in [6, 6.07) is 22.3. The number of benzene rings is 2. The summed E-state index contributed by atoms with van der Waals surface area (Å²) < 4.78 is 0. The Morgan fingerprint density at radius 3 is 2.37 bits per heavy atom. The Labute approximate surface area is 181 Å². The van der Waals surface area contributed by atoms with Crippen molar-refractivity contribution < 1.29 is 4.79 Å². The Balaban J connectivity index is 1.27. The standard InChI is InChI=1S/C24H26N4OS/c29-23(25-17-19-7-3-1-4-8-19)18-30-24-14-13-22(26-27-24)20-9-11-21(12-10-20)28-15-5-2-6-16-28/h1,3-4,7-14H,2,5-6,15-18H2,(H,25,29). The van der Waals surface area contributed by atoms with E-state index in [1.54, 1.807) is 0 Å². The molecular weight excluding hydrogens is 392 g/mol. The van der Waals surface area contributed by atoms with E-state index in [1.165, 1.54) is 36.7 Å². The summed E-state index contributed by atoms with van der Waals surface area (Å²) >= 11 is 1.40. The monoisotopic (exact) mass is 418 g/mol. The number of amides is 1. The molecule has 0 unspecified atom stereocenters. The van der Waals surface area contributed by atoms with Gasteiger partial charge in [-0.3, -0.25) is 4.79 Å². The molecule has 0 atom stereocenters. The molecular formula is C24H26N4OS. The first-order valence-electron chi connectivity index (χ1n) is 10.4. The fourth-order valence-corrected chi connectivity index (χ4v) is 4.18. The SMILES string of the molecule is O=C(CSc1ccc(-c2ccc(N3CCCCC3)cc2)nn1)NCc1ccccc1. The summed E-state index contributed by atoms with van der Waals surface area (Å²) in [5.74, 6) is 0.314. The number of thioether (sulfide) groups is 1. The van der Waals surface area contributed by atoms with Gasteiger partial charge in [-0.2, -0.15) is 0 Å². The van der Waals surface area contributed by atoms with Crippen molar-refractivity contribution in [2.45, 2.75) is 30.8 Å². The second kappa shape index (κ2) is 10.3. The number of carbonyl (C=O) groups is 1. The minimum absolute atomic E-state index is 0.0111. The lowest BCUT2D eigenvalue weighted by atomic mass is 10.1. The number of nitrogens with zero attached hydrogens (tertiary/aromatic N) is 3. The van der Waals surface area contributed by atoms with Crippen LogP contribution in [-0.2, 0) is 11.3 Å². The van der Waals surface area contributed by atoms with Gasteiger partial charge in [-0.15, -0.1) is 10.2 Å². The Bertz CT molecular complexity index is 939. The molecule has 1 fully saturated rings. The topological polar surface area (TPSA) is 58.1 Å². The van der Waals surface area contributed by atoms with Gasteiger partial charge >= 0.3 is 0 Å². The number of carbonyl (C=O) groups excluding carboxylic acids is 1. The van der Waals surface area contributed by atoms with Crippen LogP contribution in [0.15, 0.2) is 71.8 Å². The predicted octanol–water partition coefficient (Wildman–Crippen LogP) is 4.54. The summed E-state index contributed by atoms with van der Waals surface area (Å²) in [7, 11) is 0. The van der Waals surface area contributed by atoms with E-state index in [0.29, 0.717) is 12.3 Å². The fraction of sp³-hybridized carbons (Fsp3) is 0.292. The average Bonchev–Trinajstić information content (AvgIpc) is 2.83. The van der Waals surface area contributed by atoms with E-state index >= 15 is 0 Å². The molecule has 4 rings (SSSR count). The molecule has 0 bridgehead atoms. The third kappa shape index (κ3) is 5.60. The molecule has 3 aromatic rings. The van der Waals surface area contributed by atoms with Gasteiger partial charge in [-0.25, -0.2) is 0 Å². The minimum Gasteiger partial charge on any atom is -0.372 e. The van der Waals surface area contributed by atoms with Crippen molar-refractivity contribution in [2.75, 3.05) is 23.7 Å². The number of hydrogen-bond donors (Lipinski definition) is 1. The predicted molar refractivity (Wildman–Crippen MR) is 123 cm³/mol. The van der Waals surface area contributed by atoms with Gasteiger partial charge in [-0.1, -0.05) is 54.2 Å². The van der Waals surface area contributed by atoms with Crippen LogP contribution in [0.1, 0.15) is 24.8 Å². The van der Waals surface area contributed by atoms with Gasteiger partial charge in [0.1, 0.15) is 5.03 Å². The van der Waals surface area contributed by atoms with Crippen molar-refractivity contribution in [1.29, 1.82) is 0 Å². The van der Waals surface area contributed by atoms with Crippen LogP contribution in [0.25, 0.3) is 11.3 Å². The molecule has 2 heterocycles. The highest BCUT2D eigenvalue weighted by Crippen LogP contribution is 2.25. The van der Waals surface area contributed by atoms with Crippen molar-refractivity contribution in [1.82, 2.24) is 15.5 Å². The molecule has 0 radical (unpaired) electrons. The first-order chi connectivity index (χ1) is 14.8. The number of hydrogen-bond acceptors (Lipinski definition) is 5. The quantitative estimate of drug-likeness (QED) is 0.571. The molecule has 0 saturated carbocycles. The second-order valence-corrected chi connectivity index (χ2v) is 8.40. The van der Waals surface area contributed by atoms with Gasteiger partial charge < -0.3 is 10.2 Å². The Morgan fingerprint density at radius 2 is 1.67 bits per heavy atom. The van der Waals surface area contributed by atoms with Gasteiger partial charge in [0.05, 0.1) is 11.4 Å². The van der Waals surface area contributed by atoms with Crippen molar-refractivity contribution in [3.8, 4) is 11.3 Å². The normalized spacial score (nSPS) is 13.8. The van der Waals surface area contributed by atoms with Gasteiger partial charge in [0.25, 0.3) is 0 Å². The van der Waals surface area contributed by atoms with Crippen LogP contribution in [0.3, 0.4) is 0 Å². The zero-order valence-electron chi connectivity index (χ0n) is 17.0. The summed E-state index contributed by atoms with van der Waals surface area (Å²) in [5, 5.41) is 12.3. The van der Waals surface area contributed by atoms with Crippen molar-refractivity contribution in [3.05, 3.63) is 72.3 Å². The maximum Gasteiger partial charge on any atom is 0.230 e. The molecule has 30 heavy (non-hydrogen) atoms. The maximum atomic E-state index is 12.1. The number of anilines is 1. The molecule has 154 valence electrons. The van der Waals surface area contributed by atoms with Crippen LogP contribution < -0.4 is 10.2 Å². The third-order valence-corrected chi connectivity index (χ3v) is 6.13. The van der Waals surface area contributed by atoms with E-state index in [2.05, 4.69) is 44.7 Å². The average molecular weight is 419 g/mol. The highest BCUT2D eigenvalue weighted by molar-refractivity contribution is 7.99. The van der Waals surface area contributed by atoms with Gasteiger partial charge in [0.2, 0.25) is 5.91 Å². The molecule has 5 nitrogen and oxygen atoms in total. The Morgan fingerprint density at radius 1 is 0.900 bits per heavy atom. The number of piperidine rings is 1. The van der Waals surface area contributed by atoms with Gasteiger partial charge in [-0.05, 0) is 49.1 Å². The van der Waals surface area contributed by atoms with Crippen LogP contribution in [0, 0.1) is 0 Å². The van der Waals surface area contributed by atoms with Crippen molar-refractivity contribution in [3.63, 3.8) is 0 Å². The van der Waals surface area contributed by atoms with Crippen molar-refractivity contribution in [2.24, 2.45) is 0 Å². The summed E-state index contributed by atoms with van der Waals surface area (Å²) in [6.45, 7) is 2.83. The fourth-order valence-electron chi connectivity index (χ4n) is 3.53. The van der Waals surface area contributed by atoms with E-state index in [9.17, 15) is 4.79 Å². The van der Waals surface area contributed by atoms with Crippen LogP contribution in [0.5, 0.6) is 0 Å². The maximum absolute atomic E-state index is 12.1. The van der Waals surface area contributed by atoms with E-state index in [1.807, 2.05) is 42.5 Å². The Hall–Kier alpha value is -2.86. The van der Waals surface area contributed by atoms with Crippen LogP contribution in [0.2, 0.25) is 0 Å². The number of rotatable bonds is 7. The zero-order chi connectivity index (χ0) is 20.6. The smallest absolute Gasteiger partial charge is 0.230 e. The molecule has 1 aliphatic heterocycles. The van der Waals surface area contributed by atoms with E-state index in [-0.39, 0.29) is 5.91 Å². The molecule has 1 amide bonds. The number of nitrogens with one attached hydrogen (secondary N) is 1. The van der Waals surface area contributed by atoms with Crippen LogP contribution >= 0.6 is 11.8 Å². The lowest BCUT2D eigenvalue weighted by Gasteiger charge is -2.28. The summed E-state index contributed by atoms with van der Waals surface area (Å²) in [5.41, 5.74) is 4.27. The van der Waals surface area contributed by atoms with Gasteiger partial charge in [0.15, 0.2) is 0 Å². The molecule has 1 aliphatic rings. The van der Waals surface area contributed by atoms with Crippen LogP contribution in [0.4, 0.5) is 5.69 Å². The highest BCUT2D eigenvalue weighted by Gasteiger charge is 2.11. The molecule has 1 N–H and O–H groups in total. The molecule has 0 aliphatic carbocycles. The molecule has 1 aromatic heterocycles.